The molecule has 0 spiro atoms. The first-order chi connectivity index (χ1) is 31.0. The maximum Gasteiger partial charge on any atom is 0.258 e. The lowest BCUT2D eigenvalue weighted by Crippen LogP contribution is -2.51. The second-order valence-corrected chi connectivity index (χ2v) is 18.9. The van der Waals surface area contributed by atoms with Crippen LogP contribution in [0.15, 0.2) is 46.0 Å². The molecule has 2 saturated heterocycles. The Balaban J connectivity index is 0.000000191. The predicted molar refractivity (Wildman–Crippen MR) is 245 cm³/mol. The van der Waals surface area contributed by atoms with E-state index in [1.54, 1.807) is 57.1 Å². The van der Waals surface area contributed by atoms with Crippen molar-refractivity contribution in [2.45, 2.75) is 142 Å². The van der Waals surface area contributed by atoms with Gasteiger partial charge in [-0.3, -0.25) is 28.8 Å². The fourth-order valence-corrected chi connectivity index (χ4v) is 12.0. The lowest BCUT2D eigenvalue weighted by atomic mass is 9.87. The summed E-state index contributed by atoms with van der Waals surface area (Å²) in [5.41, 5.74) is 2.55. The number of nitrogens with one attached hydrogen (secondary N) is 2. The highest BCUT2D eigenvalue weighted by molar-refractivity contribution is 5.90. The summed E-state index contributed by atoms with van der Waals surface area (Å²) in [6.45, 7) is 9.00. The third-order valence-corrected chi connectivity index (χ3v) is 15.2. The van der Waals surface area contributed by atoms with Gasteiger partial charge < -0.3 is 39.8 Å². The zero-order valence-corrected chi connectivity index (χ0v) is 38.3. The summed E-state index contributed by atoms with van der Waals surface area (Å²) in [7, 11) is 0. The average molecular weight is 883 g/mol. The first kappa shape index (κ1) is 47.2. The zero-order valence-electron chi connectivity index (χ0n) is 38.3. The van der Waals surface area contributed by atoms with Gasteiger partial charge in [-0.15, -0.1) is 0 Å². The Labute approximate surface area is 377 Å². The summed E-state index contributed by atoms with van der Waals surface area (Å²) in [6, 6.07) is 5.23. The molecule has 0 radical (unpaired) electrons. The van der Waals surface area contributed by atoms with Crippen molar-refractivity contribution in [3.05, 3.63) is 79.6 Å². The van der Waals surface area contributed by atoms with E-state index >= 15 is 0 Å². The number of likely N-dealkylation sites (tertiary alicyclic amines) is 2. The van der Waals surface area contributed by atoms with E-state index in [9.17, 15) is 39.0 Å². The van der Waals surface area contributed by atoms with Crippen molar-refractivity contribution in [3.63, 3.8) is 0 Å². The molecule has 14 heteroatoms. The van der Waals surface area contributed by atoms with Gasteiger partial charge in [0, 0.05) is 98.4 Å². The molecule has 6 aliphatic rings. The van der Waals surface area contributed by atoms with E-state index in [0.717, 1.165) is 37.1 Å². The topological polar surface area (TPSA) is 183 Å². The Morgan fingerprint density at radius 1 is 0.609 bits per heavy atom. The van der Waals surface area contributed by atoms with Crippen molar-refractivity contribution in [2.75, 3.05) is 26.3 Å². The van der Waals surface area contributed by atoms with Crippen molar-refractivity contribution in [2.24, 2.45) is 35.5 Å². The fourth-order valence-electron chi connectivity index (χ4n) is 12.0. The Hall–Kier alpha value is -4.82. The highest BCUT2D eigenvalue weighted by Crippen LogP contribution is 2.51. The highest BCUT2D eigenvalue weighted by Gasteiger charge is 2.58. The lowest BCUT2D eigenvalue weighted by Gasteiger charge is -2.31. The van der Waals surface area contributed by atoms with Crippen LogP contribution in [-0.4, -0.2) is 91.2 Å². The lowest BCUT2D eigenvalue weighted by molar-refractivity contribution is -0.141. The molecule has 14 nitrogen and oxygen atoms in total. The van der Waals surface area contributed by atoms with E-state index < -0.39 is 23.9 Å². The molecule has 4 fully saturated rings. The summed E-state index contributed by atoms with van der Waals surface area (Å²) in [6.07, 6.45) is 19.6. The van der Waals surface area contributed by atoms with Crippen molar-refractivity contribution >= 4 is 35.8 Å². The maximum absolute atomic E-state index is 13.3. The van der Waals surface area contributed by atoms with Gasteiger partial charge in [-0.05, 0) is 75.6 Å². The molecule has 2 aliphatic carbocycles. The molecule has 0 bridgehead atoms. The normalized spacial score (nSPS) is 27.5. The molecule has 4 amide bonds. The Morgan fingerprint density at radius 2 is 0.984 bits per heavy atom. The number of fused-ring (bicyclic) bond motifs is 6. The average Bonchev–Trinajstić information content (AvgIpc) is 4.06. The minimum Gasteiger partial charge on any atom is -0.396 e. The highest BCUT2D eigenvalue weighted by atomic mass is 16.3. The van der Waals surface area contributed by atoms with Gasteiger partial charge in [0.1, 0.15) is 12.1 Å². The van der Waals surface area contributed by atoms with Gasteiger partial charge in [0.15, 0.2) is 0 Å². The molecule has 64 heavy (non-hydrogen) atoms. The number of aromatic nitrogens is 2. The van der Waals surface area contributed by atoms with Gasteiger partial charge in [-0.1, -0.05) is 76.7 Å². The van der Waals surface area contributed by atoms with Crippen molar-refractivity contribution in [3.8, 4) is 0 Å². The number of hydrogen-bond donors (Lipinski definition) is 4. The number of allylic oxidation sites excluding steroid dienone is 2. The molecule has 2 saturated carbocycles. The van der Waals surface area contributed by atoms with Crippen LogP contribution < -0.4 is 21.8 Å². The largest absolute Gasteiger partial charge is 0.396 e. The van der Waals surface area contributed by atoms with Gasteiger partial charge >= 0.3 is 0 Å². The summed E-state index contributed by atoms with van der Waals surface area (Å²) >= 11 is 0. The van der Waals surface area contributed by atoms with Crippen molar-refractivity contribution in [1.82, 2.24) is 29.6 Å². The van der Waals surface area contributed by atoms with Crippen LogP contribution in [-0.2, 0) is 32.3 Å². The van der Waals surface area contributed by atoms with E-state index in [1.807, 2.05) is 38.1 Å². The van der Waals surface area contributed by atoms with E-state index in [0.29, 0.717) is 49.1 Å². The monoisotopic (exact) mass is 883 g/mol. The fraction of sp³-hybridized carbons (Fsp3) is 0.640. The summed E-state index contributed by atoms with van der Waals surface area (Å²) in [5.74, 6) is -0.724. The minimum atomic E-state index is -0.704. The molecule has 8 rings (SSSR count). The molecular formula is C50H70N6O8. The van der Waals surface area contributed by atoms with Crippen LogP contribution >= 0.6 is 0 Å². The van der Waals surface area contributed by atoms with E-state index in [4.69, 9.17) is 0 Å². The van der Waals surface area contributed by atoms with Crippen LogP contribution in [0.2, 0.25) is 0 Å². The van der Waals surface area contributed by atoms with Crippen LogP contribution in [0.3, 0.4) is 0 Å². The smallest absolute Gasteiger partial charge is 0.258 e. The maximum atomic E-state index is 13.3. The van der Waals surface area contributed by atoms with E-state index in [2.05, 4.69) is 10.6 Å². The molecule has 0 unspecified atom stereocenters. The van der Waals surface area contributed by atoms with Crippen LogP contribution in [0, 0.1) is 35.5 Å². The predicted octanol–water partition coefficient (Wildman–Crippen LogP) is 4.96. The number of hydrogen-bond acceptors (Lipinski definition) is 8. The number of rotatable bonds is 12. The van der Waals surface area contributed by atoms with Crippen molar-refractivity contribution < 1.29 is 29.4 Å². The Bertz CT molecular complexity index is 2050. The number of aliphatic hydroxyl groups is 2. The molecule has 8 atom stereocenters. The Morgan fingerprint density at radius 3 is 1.31 bits per heavy atom. The number of carbonyl (C=O) groups excluding carboxylic acids is 4. The molecular weight excluding hydrogens is 813 g/mol. The van der Waals surface area contributed by atoms with Crippen LogP contribution in [0.25, 0.3) is 12.2 Å². The second-order valence-electron chi connectivity index (χ2n) is 18.9. The number of amides is 4. The van der Waals surface area contributed by atoms with Gasteiger partial charge in [0.2, 0.25) is 23.6 Å². The van der Waals surface area contributed by atoms with Crippen LogP contribution in [0.4, 0.5) is 0 Å². The summed E-state index contributed by atoms with van der Waals surface area (Å²) in [4.78, 5) is 82.1. The minimum absolute atomic E-state index is 0.0890. The van der Waals surface area contributed by atoms with E-state index in [-0.39, 0.29) is 84.7 Å². The SMILES string of the molecule is C/C=C/c1ccc2n(c1=O)C[C@H]1[C@H](CO)[C@@H](C(=O)NCC3CCCCC3)N(C(=O)CC)[C@@H]21.C/C=C\c1ccc2n(c1=O)C[C@H]1[C@H](CO)[C@@H](C(=O)NCC3CCCCC3)N(C(=O)CC)[C@@H]21. The van der Waals surface area contributed by atoms with E-state index in [1.165, 1.54) is 38.5 Å². The number of pyridine rings is 2. The van der Waals surface area contributed by atoms with Gasteiger partial charge in [-0.2, -0.15) is 0 Å². The van der Waals surface area contributed by atoms with Gasteiger partial charge in [0.05, 0.1) is 12.1 Å². The number of aliphatic hydroxyl groups excluding tert-OH is 2. The molecule has 348 valence electrons. The molecule has 4 N–H and O–H groups in total. The van der Waals surface area contributed by atoms with Gasteiger partial charge in [0.25, 0.3) is 11.1 Å². The van der Waals surface area contributed by atoms with Crippen LogP contribution in [0.1, 0.15) is 139 Å². The quantitative estimate of drug-likeness (QED) is 0.231. The van der Waals surface area contributed by atoms with Crippen LogP contribution in [0.5, 0.6) is 0 Å². The first-order valence-corrected chi connectivity index (χ1v) is 24.1. The molecule has 2 aromatic rings. The second kappa shape index (κ2) is 21.0. The van der Waals surface area contributed by atoms with Gasteiger partial charge in [-0.25, -0.2) is 0 Å². The number of carbonyl (C=O) groups is 4. The molecule has 4 aliphatic heterocycles. The Kier molecular flexibility index (Phi) is 15.5. The first-order valence-electron chi connectivity index (χ1n) is 24.1. The third kappa shape index (κ3) is 9.05. The zero-order chi connectivity index (χ0) is 45.7. The van der Waals surface area contributed by atoms with Crippen molar-refractivity contribution in [1.29, 1.82) is 0 Å². The number of nitrogens with zero attached hydrogens (tertiary/aromatic N) is 4. The standard InChI is InChI=1S/2C25H35N3O4/c2*1-3-8-17-11-12-20-22-18(14-27(20)25(17)32)19(15-29)23(28(22)21(30)4-2)24(31)26-13-16-9-6-5-7-10-16/h2*3,8,11-12,16,18-19,22-23,29H,4-7,9-10,13-15H2,1-2H3,(H,26,31)/b8-3+;8-3-/t2*18-,19-,22+,23-/m00/s1. The molecule has 0 aromatic carbocycles. The summed E-state index contributed by atoms with van der Waals surface area (Å²) in [5, 5.41) is 26.8. The third-order valence-electron chi connectivity index (χ3n) is 15.2. The molecule has 2 aromatic heterocycles. The summed E-state index contributed by atoms with van der Waals surface area (Å²) < 4.78 is 3.44. The molecule has 6 heterocycles.